The van der Waals surface area contributed by atoms with Crippen molar-refractivity contribution in [1.29, 1.82) is 0 Å². The largest absolute Gasteiger partial charge is 0.294 e. The summed E-state index contributed by atoms with van der Waals surface area (Å²) < 4.78 is 0. The summed E-state index contributed by atoms with van der Waals surface area (Å²) in [5, 5.41) is 0. The molecule has 0 heterocycles. The van der Waals surface area contributed by atoms with Crippen molar-refractivity contribution in [2.24, 2.45) is 17.8 Å². The zero-order chi connectivity index (χ0) is 18.7. The molecule has 4 atom stereocenters. The average Bonchev–Trinajstić information content (AvgIpc) is 2.64. The second-order valence-electron chi connectivity index (χ2n) is 7.71. The van der Waals surface area contributed by atoms with Gasteiger partial charge in [0.25, 0.3) is 0 Å². The van der Waals surface area contributed by atoms with Crippen LogP contribution in [-0.2, 0) is 0 Å². The number of benzene rings is 2. The van der Waals surface area contributed by atoms with E-state index in [1.54, 1.807) is 0 Å². The van der Waals surface area contributed by atoms with Crippen LogP contribution in [0.4, 0.5) is 0 Å². The molecule has 0 unspecified atom stereocenters. The van der Waals surface area contributed by atoms with Crippen LogP contribution in [0.3, 0.4) is 0 Å². The molecule has 3 rings (SSSR count). The molecule has 2 aromatic rings. The maximum absolute atomic E-state index is 13.6. The van der Waals surface area contributed by atoms with Crippen LogP contribution in [0, 0.1) is 17.8 Å². The normalized spacial score (nSPS) is 25.3. The quantitative estimate of drug-likeness (QED) is 0.460. The van der Waals surface area contributed by atoms with E-state index in [0.29, 0.717) is 5.92 Å². The highest BCUT2D eigenvalue weighted by atomic mass is 16.1. The van der Waals surface area contributed by atoms with Crippen LogP contribution in [0.5, 0.6) is 0 Å². The van der Waals surface area contributed by atoms with Gasteiger partial charge in [-0.3, -0.25) is 4.79 Å². The van der Waals surface area contributed by atoms with Crippen molar-refractivity contribution in [2.75, 3.05) is 0 Å². The number of rotatable bonds is 4. The summed E-state index contributed by atoms with van der Waals surface area (Å²) in [7, 11) is 0. The molecule has 0 N–H and O–H groups in total. The molecule has 0 bridgehead atoms. The number of ketones is 1. The first-order chi connectivity index (χ1) is 12.5. The summed E-state index contributed by atoms with van der Waals surface area (Å²) in [5.74, 6) is 0.839. The molecular formula is C25H28O. The monoisotopic (exact) mass is 344 g/mol. The lowest BCUT2D eigenvalue weighted by Gasteiger charge is -2.40. The Kier molecular flexibility index (Phi) is 5.56. The van der Waals surface area contributed by atoms with Gasteiger partial charge in [0.05, 0.1) is 0 Å². The summed E-state index contributed by atoms with van der Waals surface area (Å²) in [6.45, 7) is 8.69. The zero-order valence-corrected chi connectivity index (χ0v) is 16.1. The molecule has 0 saturated carbocycles. The van der Waals surface area contributed by atoms with Crippen molar-refractivity contribution < 1.29 is 4.79 Å². The molecule has 1 aliphatic rings. The van der Waals surface area contributed by atoms with Crippen LogP contribution in [0.15, 0.2) is 84.0 Å². The van der Waals surface area contributed by atoms with Gasteiger partial charge in [0.1, 0.15) is 0 Å². The van der Waals surface area contributed by atoms with E-state index >= 15 is 0 Å². The first-order valence-corrected chi connectivity index (χ1v) is 9.46. The van der Waals surface area contributed by atoms with Crippen molar-refractivity contribution >= 4 is 5.78 Å². The minimum absolute atomic E-state index is 0.0756. The van der Waals surface area contributed by atoms with Gasteiger partial charge in [-0.05, 0) is 32.3 Å². The predicted octanol–water partition coefficient (Wildman–Crippen LogP) is 6.45. The highest BCUT2D eigenvalue weighted by molar-refractivity contribution is 5.99. The van der Waals surface area contributed by atoms with Gasteiger partial charge < -0.3 is 0 Å². The third-order valence-electron chi connectivity index (χ3n) is 5.59. The van der Waals surface area contributed by atoms with E-state index in [1.807, 2.05) is 36.4 Å². The molecule has 1 aliphatic carbocycles. The average molecular weight is 344 g/mol. The number of Topliss-reactive ketones (excluding diaryl/α,β-unsaturated/α-hetero) is 1. The lowest BCUT2D eigenvalue weighted by molar-refractivity contribution is 0.0853. The van der Waals surface area contributed by atoms with Gasteiger partial charge in [0, 0.05) is 23.3 Å². The van der Waals surface area contributed by atoms with Gasteiger partial charge in [-0.25, -0.2) is 0 Å². The molecule has 0 fully saturated rings. The third-order valence-corrected chi connectivity index (χ3v) is 5.59. The Morgan fingerprint density at radius 2 is 1.50 bits per heavy atom. The van der Waals surface area contributed by atoms with Gasteiger partial charge in [-0.15, -0.1) is 0 Å². The van der Waals surface area contributed by atoms with Crippen LogP contribution < -0.4 is 0 Å². The first kappa shape index (κ1) is 18.4. The molecule has 134 valence electrons. The minimum Gasteiger partial charge on any atom is -0.294 e. The Morgan fingerprint density at radius 1 is 0.923 bits per heavy atom. The molecule has 0 amide bonds. The molecule has 0 aromatic heterocycles. The van der Waals surface area contributed by atoms with E-state index in [1.165, 1.54) is 16.7 Å². The van der Waals surface area contributed by atoms with Gasteiger partial charge >= 0.3 is 0 Å². The second kappa shape index (κ2) is 7.86. The van der Waals surface area contributed by atoms with Crippen LogP contribution >= 0.6 is 0 Å². The molecule has 1 nitrogen and oxygen atoms in total. The van der Waals surface area contributed by atoms with Crippen molar-refractivity contribution in [1.82, 2.24) is 0 Å². The molecule has 26 heavy (non-hydrogen) atoms. The fourth-order valence-electron chi connectivity index (χ4n) is 4.23. The molecule has 1 heteroatoms. The number of hydrogen-bond acceptors (Lipinski definition) is 1. The molecule has 0 saturated heterocycles. The summed E-state index contributed by atoms with van der Waals surface area (Å²) >= 11 is 0. The molecular weight excluding hydrogens is 316 g/mol. The summed E-state index contributed by atoms with van der Waals surface area (Å²) in [4.78, 5) is 13.6. The van der Waals surface area contributed by atoms with Gasteiger partial charge in [-0.2, -0.15) is 0 Å². The fourth-order valence-corrected chi connectivity index (χ4v) is 4.23. The van der Waals surface area contributed by atoms with Gasteiger partial charge in [0.15, 0.2) is 5.78 Å². The molecule has 2 aromatic carbocycles. The maximum atomic E-state index is 13.6. The second-order valence-corrected chi connectivity index (χ2v) is 7.71. The third kappa shape index (κ3) is 3.72. The smallest absolute Gasteiger partial charge is 0.167 e. The Bertz CT molecular complexity index is 810. The van der Waals surface area contributed by atoms with Crippen molar-refractivity contribution in [2.45, 2.75) is 33.6 Å². The van der Waals surface area contributed by atoms with E-state index in [-0.39, 0.29) is 23.5 Å². The van der Waals surface area contributed by atoms with Crippen molar-refractivity contribution in [3.63, 3.8) is 0 Å². The van der Waals surface area contributed by atoms with Crippen LogP contribution in [0.2, 0.25) is 0 Å². The lowest BCUT2D eigenvalue weighted by atomic mass is 9.63. The minimum atomic E-state index is -0.0756. The topological polar surface area (TPSA) is 17.1 Å². The van der Waals surface area contributed by atoms with E-state index in [9.17, 15) is 4.79 Å². The zero-order valence-electron chi connectivity index (χ0n) is 16.1. The van der Waals surface area contributed by atoms with Crippen LogP contribution in [-0.4, -0.2) is 5.78 Å². The summed E-state index contributed by atoms with van der Waals surface area (Å²) in [6.07, 6.45) is 4.57. The lowest BCUT2D eigenvalue weighted by Crippen LogP contribution is -2.36. The van der Waals surface area contributed by atoms with E-state index in [2.05, 4.69) is 64.1 Å². The summed E-state index contributed by atoms with van der Waals surface area (Å²) in [6, 6.07) is 20.3. The Hall–Kier alpha value is -2.41. The highest BCUT2D eigenvalue weighted by Gasteiger charge is 2.41. The Balaban J connectivity index is 2.14. The Labute approximate surface area is 157 Å². The number of carbonyl (C=O) groups is 1. The van der Waals surface area contributed by atoms with E-state index in [0.717, 1.165) is 5.56 Å². The number of hydrogen-bond donors (Lipinski definition) is 0. The molecule has 0 radical (unpaired) electrons. The number of carbonyl (C=O) groups excluding carboxylic acids is 1. The molecule has 0 spiro atoms. The van der Waals surface area contributed by atoms with Crippen molar-refractivity contribution in [3.05, 3.63) is 95.1 Å². The maximum Gasteiger partial charge on any atom is 0.167 e. The van der Waals surface area contributed by atoms with E-state index in [4.69, 9.17) is 0 Å². The standard InChI is InChI=1S/C25H28O/c1-17(2)15-22-16-18(3)19(4)23(20-11-7-5-8-12-20)24(22)25(26)21-13-9-6-10-14-21/h5-16,19,22-24H,1-4H3/t19-,22+,23-,24-/m0/s1. The van der Waals surface area contributed by atoms with Crippen LogP contribution in [0.25, 0.3) is 0 Å². The van der Waals surface area contributed by atoms with Gasteiger partial charge in [0.2, 0.25) is 0 Å². The number of allylic oxidation sites excluding steroid dienone is 4. The summed E-state index contributed by atoms with van der Waals surface area (Å²) in [5.41, 5.74) is 4.70. The SMILES string of the molecule is CC(C)=C[C@@H]1C=C(C)[C@H](C)[C@@H](c2ccccc2)[C@H]1C(=O)c1ccccc1. The first-order valence-electron chi connectivity index (χ1n) is 9.46. The molecule has 0 aliphatic heterocycles. The fraction of sp³-hybridized carbons (Fsp3) is 0.320. The highest BCUT2D eigenvalue weighted by Crippen LogP contribution is 2.46. The Morgan fingerprint density at radius 3 is 2.08 bits per heavy atom. The van der Waals surface area contributed by atoms with Gasteiger partial charge in [-0.1, -0.05) is 90.9 Å². The predicted molar refractivity (Wildman–Crippen MR) is 109 cm³/mol. The van der Waals surface area contributed by atoms with E-state index < -0.39 is 0 Å². The van der Waals surface area contributed by atoms with Crippen LogP contribution in [0.1, 0.15) is 49.5 Å². The van der Waals surface area contributed by atoms with Crippen molar-refractivity contribution in [3.8, 4) is 0 Å².